The number of likely N-dealkylation sites (tertiary alicyclic amines) is 1. The van der Waals surface area contributed by atoms with Crippen LogP contribution in [-0.4, -0.2) is 44.2 Å². The van der Waals surface area contributed by atoms with Crippen LogP contribution in [0.5, 0.6) is 0 Å². The Labute approximate surface area is 128 Å². The number of nitrogens with zero attached hydrogens (tertiary/aromatic N) is 2. The lowest BCUT2D eigenvalue weighted by Crippen LogP contribution is -2.32. The SMILES string of the molecule is CC(C)NCc1cc(F)ccc1N(C)CCN1CCCC1. The van der Waals surface area contributed by atoms with Crippen LogP contribution in [0.1, 0.15) is 32.3 Å². The van der Waals surface area contributed by atoms with Gasteiger partial charge in [-0.05, 0) is 49.7 Å². The van der Waals surface area contributed by atoms with Crippen LogP contribution >= 0.6 is 0 Å². The molecule has 1 N–H and O–H groups in total. The zero-order valence-corrected chi connectivity index (χ0v) is 13.5. The van der Waals surface area contributed by atoms with Crippen molar-refractivity contribution in [1.82, 2.24) is 10.2 Å². The first kappa shape index (κ1) is 16.2. The van der Waals surface area contributed by atoms with Gasteiger partial charge in [-0.2, -0.15) is 0 Å². The summed E-state index contributed by atoms with van der Waals surface area (Å²) in [7, 11) is 2.10. The van der Waals surface area contributed by atoms with E-state index >= 15 is 0 Å². The van der Waals surface area contributed by atoms with Crippen LogP contribution in [0, 0.1) is 5.82 Å². The van der Waals surface area contributed by atoms with Crippen LogP contribution < -0.4 is 10.2 Å². The summed E-state index contributed by atoms with van der Waals surface area (Å²) in [6, 6.07) is 5.50. The van der Waals surface area contributed by atoms with Crippen molar-refractivity contribution in [2.75, 3.05) is 38.1 Å². The Morgan fingerprint density at radius 1 is 1.29 bits per heavy atom. The van der Waals surface area contributed by atoms with Gasteiger partial charge in [-0.3, -0.25) is 0 Å². The summed E-state index contributed by atoms with van der Waals surface area (Å²) in [6.07, 6.45) is 2.65. The van der Waals surface area contributed by atoms with E-state index in [4.69, 9.17) is 0 Å². The Bertz CT molecular complexity index is 442. The van der Waals surface area contributed by atoms with Crippen molar-refractivity contribution in [3.05, 3.63) is 29.6 Å². The van der Waals surface area contributed by atoms with Crippen molar-refractivity contribution >= 4 is 5.69 Å². The molecule has 0 saturated carbocycles. The second-order valence-electron chi connectivity index (χ2n) is 6.28. The summed E-state index contributed by atoms with van der Waals surface area (Å²) in [4.78, 5) is 4.75. The first-order valence-corrected chi connectivity index (χ1v) is 8.01. The summed E-state index contributed by atoms with van der Waals surface area (Å²) in [5.41, 5.74) is 2.16. The molecule has 0 spiro atoms. The minimum Gasteiger partial charge on any atom is -0.373 e. The number of nitrogens with one attached hydrogen (secondary N) is 1. The van der Waals surface area contributed by atoms with Gasteiger partial charge in [0.2, 0.25) is 0 Å². The zero-order chi connectivity index (χ0) is 15.2. The normalized spacial score (nSPS) is 15.9. The van der Waals surface area contributed by atoms with Crippen molar-refractivity contribution in [1.29, 1.82) is 0 Å². The van der Waals surface area contributed by atoms with Crippen LogP contribution in [0.3, 0.4) is 0 Å². The summed E-state index contributed by atoms with van der Waals surface area (Å²) < 4.78 is 13.5. The summed E-state index contributed by atoms with van der Waals surface area (Å²) >= 11 is 0. The fourth-order valence-electron chi connectivity index (χ4n) is 2.80. The van der Waals surface area contributed by atoms with E-state index in [-0.39, 0.29) is 5.82 Å². The Balaban J connectivity index is 1.98. The lowest BCUT2D eigenvalue weighted by molar-refractivity contribution is 0.346. The van der Waals surface area contributed by atoms with Crippen LogP contribution in [0.2, 0.25) is 0 Å². The molecule has 1 aliphatic heterocycles. The fourth-order valence-corrected chi connectivity index (χ4v) is 2.80. The quantitative estimate of drug-likeness (QED) is 0.834. The molecule has 0 amide bonds. The maximum atomic E-state index is 13.5. The van der Waals surface area contributed by atoms with Gasteiger partial charge in [-0.25, -0.2) is 4.39 Å². The van der Waals surface area contributed by atoms with Gasteiger partial charge < -0.3 is 15.1 Å². The van der Waals surface area contributed by atoms with E-state index in [0.717, 1.165) is 24.3 Å². The van der Waals surface area contributed by atoms with E-state index in [1.165, 1.54) is 25.9 Å². The molecular weight excluding hydrogens is 265 g/mol. The summed E-state index contributed by atoms with van der Waals surface area (Å²) in [6.45, 7) is 9.44. The fraction of sp³-hybridized carbons (Fsp3) is 0.647. The molecule has 0 atom stereocenters. The maximum absolute atomic E-state index is 13.5. The molecule has 1 heterocycles. The summed E-state index contributed by atoms with van der Waals surface area (Å²) in [5.74, 6) is -0.160. The standard InChI is InChI=1S/C17H28FN3/c1-14(2)19-13-15-12-16(18)6-7-17(15)20(3)10-11-21-8-4-5-9-21/h6-7,12,14,19H,4-5,8-11,13H2,1-3H3. The molecule has 1 saturated heterocycles. The van der Waals surface area contributed by atoms with E-state index in [0.29, 0.717) is 12.6 Å². The number of anilines is 1. The Kier molecular flexibility index (Phi) is 6.00. The van der Waals surface area contributed by atoms with Crippen LogP contribution in [0.25, 0.3) is 0 Å². The predicted octanol–water partition coefficient (Wildman–Crippen LogP) is 2.86. The van der Waals surface area contributed by atoms with E-state index in [9.17, 15) is 4.39 Å². The predicted molar refractivity (Wildman–Crippen MR) is 87.3 cm³/mol. The smallest absolute Gasteiger partial charge is 0.123 e. The van der Waals surface area contributed by atoms with Crippen molar-refractivity contribution in [2.24, 2.45) is 0 Å². The highest BCUT2D eigenvalue weighted by Gasteiger charge is 2.14. The molecule has 21 heavy (non-hydrogen) atoms. The lowest BCUT2D eigenvalue weighted by Gasteiger charge is -2.25. The highest BCUT2D eigenvalue weighted by atomic mass is 19.1. The number of benzene rings is 1. The van der Waals surface area contributed by atoms with Gasteiger partial charge >= 0.3 is 0 Å². The first-order valence-electron chi connectivity index (χ1n) is 8.01. The van der Waals surface area contributed by atoms with Gasteiger partial charge in [0.15, 0.2) is 0 Å². The molecule has 0 unspecified atom stereocenters. The van der Waals surface area contributed by atoms with Crippen molar-refractivity contribution in [3.63, 3.8) is 0 Å². The first-order chi connectivity index (χ1) is 10.1. The third-order valence-corrected chi connectivity index (χ3v) is 4.10. The molecule has 0 radical (unpaired) electrons. The molecule has 1 aliphatic rings. The van der Waals surface area contributed by atoms with Gasteiger partial charge in [0.1, 0.15) is 5.82 Å². The molecule has 0 aromatic heterocycles. The third kappa shape index (κ3) is 4.97. The molecule has 3 nitrogen and oxygen atoms in total. The maximum Gasteiger partial charge on any atom is 0.123 e. The number of halogens is 1. The minimum absolute atomic E-state index is 0.160. The molecule has 1 aromatic carbocycles. The van der Waals surface area contributed by atoms with E-state index in [1.54, 1.807) is 12.1 Å². The molecular formula is C17H28FN3. The van der Waals surface area contributed by atoms with Crippen molar-refractivity contribution < 1.29 is 4.39 Å². The van der Waals surface area contributed by atoms with Crippen LogP contribution in [0.15, 0.2) is 18.2 Å². The molecule has 1 aromatic rings. The molecule has 2 rings (SSSR count). The largest absolute Gasteiger partial charge is 0.373 e. The molecule has 0 bridgehead atoms. The van der Waals surface area contributed by atoms with E-state index in [2.05, 4.69) is 36.0 Å². The molecule has 1 fully saturated rings. The van der Waals surface area contributed by atoms with Gasteiger partial charge in [-0.15, -0.1) is 0 Å². The van der Waals surface area contributed by atoms with Crippen molar-refractivity contribution in [2.45, 2.75) is 39.3 Å². The lowest BCUT2D eigenvalue weighted by atomic mass is 10.1. The van der Waals surface area contributed by atoms with Gasteiger partial charge in [-0.1, -0.05) is 13.8 Å². The molecule has 118 valence electrons. The Hall–Kier alpha value is -1.13. The topological polar surface area (TPSA) is 18.5 Å². The monoisotopic (exact) mass is 293 g/mol. The Morgan fingerprint density at radius 3 is 2.67 bits per heavy atom. The second kappa shape index (κ2) is 7.76. The number of hydrogen-bond acceptors (Lipinski definition) is 3. The summed E-state index contributed by atoms with van der Waals surface area (Å²) in [5, 5.41) is 3.38. The van der Waals surface area contributed by atoms with E-state index < -0.39 is 0 Å². The van der Waals surface area contributed by atoms with Gasteiger partial charge in [0, 0.05) is 38.4 Å². The second-order valence-corrected chi connectivity index (χ2v) is 6.28. The molecule has 0 aliphatic carbocycles. The number of likely N-dealkylation sites (N-methyl/N-ethyl adjacent to an activating group) is 1. The van der Waals surface area contributed by atoms with Crippen LogP contribution in [-0.2, 0) is 6.54 Å². The number of rotatable bonds is 7. The van der Waals surface area contributed by atoms with E-state index in [1.807, 2.05) is 6.07 Å². The highest BCUT2D eigenvalue weighted by molar-refractivity contribution is 5.53. The Morgan fingerprint density at radius 2 is 2.00 bits per heavy atom. The average Bonchev–Trinajstić information content (AvgIpc) is 2.96. The molecule has 4 heteroatoms. The highest BCUT2D eigenvalue weighted by Crippen LogP contribution is 2.21. The van der Waals surface area contributed by atoms with Gasteiger partial charge in [0.05, 0.1) is 0 Å². The third-order valence-electron chi connectivity index (χ3n) is 4.10. The van der Waals surface area contributed by atoms with Crippen molar-refractivity contribution in [3.8, 4) is 0 Å². The number of hydrogen-bond donors (Lipinski definition) is 1. The van der Waals surface area contributed by atoms with Crippen LogP contribution in [0.4, 0.5) is 10.1 Å². The average molecular weight is 293 g/mol. The zero-order valence-electron chi connectivity index (χ0n) is 13.5. The minimum atomic E-state index is -0.160. The van der Waals surface area contributed by atoms with Gasteiger partial charge in [0.25, 0.3) is 0 Å².